The van der Waals surface area contributed by atoms with Crippen LogP contribution in [0, 0.1) is 15.5 Å². The summed E-state index contributed by atoms with van der Waals surface area (Å²) in [7, 11) is 0. The summed E-state index contributed by atoms with van der Waals surface area (Å²) in [5, 5.41) is 21.8. The molecule has 2 N–H and O–H groups in total. The van der Waals surface area contributed by atoms with E-state index in [0.29, 0.717) is 43.9 Å². The van der Waals surface area contributed by atoms with Gasteiger partial charge in [-0.1, -0.05) is 12.1 Å². The fraction of sp³-hybridized carbons (Fsp3) is 0.407. The number of nitrogens with zero attached hydrogens (tertiary/aromatic N) is 4. The highest BCUT2D eigenvalue weighted by Gasteiger charge is 2.34. The van der Waals surface area contributed by atoms with Crippen LogP contribution in [0.4, 0.5) is 16.2 Å². The number of nitrogens with one attached hydrogen (secondary N) is 2. The summed E-state index contributed by atoms with van der Waals surface area (Å²) in [5.74, 6) is -1.17. The molecule has 0 bridgehead atoms. The topological polar surface area (TPSA) is 158 Å². The van der Waals surface area contributed by atoms with Crippen molar-refractivity contribution in [2.24, 2.45) is 0 Å². The quantitative estimate of drug-likeness (QED) is 0.148. The Hall–Kier alpha value is -4.36. The van der Waals surface area contributed by atoms with E-state index in [0.717, 1.165) is 26.2 Å². The molecule has 2 heterocycles. The zero-order chi connectivity index (χ0) is 28.6. The first-order valence-electron chi connectivity index (χ1n) is 13.1. The maximum atomic E-state index is 12.6. The Labute approximate surface area is 231 Å². The molecule has 4 rings (SSSR count). The van der Waals surface area contributed by atoms with Gasteiger partial charge in [0.15, 0.2) is 0 Å². The fourth-order valence-corrected chi connectivity index (χ4v) is 4.68. The van der Waals surface area contributed by atoms with Gasteiger partial charge in [0.1, 0.15) is 17.5 Å². The predicted molar refractivity (Wildman–Crippen MR) is 146 cm³/mol. The number of nitro benzene ring substituents is 1. The first-order chi connectivity index (χ1) is 19.2. The molecule has 13 heteroatoms. The van der Waals surface area contributed by atoms with Gasteiger partial charge in [0.05, 0.1) is 24.5 Å². The average molecular weight is 553 g/mol. The molecule has 2 aromatic carbocycles. The SMILES string of the molecule is CCOC(=O)CCN1CCN(CC2CN(c3ccc(C(=N)NC(=O)c4ccccc4[N+](=O)[O-])cc3)C(=O)O2)CC1. The Morgan fingerprint density at radius 2 is 1.77 bits per heavy atom. The van der Waals surface area contributed by atoms with Gasteiger partial charge in [0, 0.05) is 56.6 Å². The molecule has 0 aromatic heterocycles. The molecule has 2 saturated heterocycles. The van der Waals surface area contributed by atoms with Crippen LogP contribution in [0.15, 0.2) is 48.5 Å². The Bertz CT molecular complexity index is 1260. The summed E-state index contributed by atoms with van der Waals surface area (Å²) in [6, 6.07) is 12.0. The summed E-state index contributed by atoms with van der Waals surface area (Å²) in [6.07, 6.45) is -0.369. The van der Waals surface area contributed by atoms with Gasteiger partial charge in [-0.3, -0.25) is 34.9 Å². The molecule has 2 aliphatic heterocycles. The third-order valence-corrected chi connectivity index (χ3v) is 6.79. The normalized spacial score (nSPS) is 17.8. The van der Waals surface area contributed by atoms with Gasteiger partial charge in [-0.25, -0.2) is 4.79 Å². The summed E-state index contributed by atoms with van der Waals surface area (Å²) >= 11 is 0. The third-order valence-electron chi connectivity index (χ3n) is 6.79. The maximum Gasteiger partial charge on any atom is 0.414 e. The molecule has 1 atom stereocenters. The van der Waals surface area contributed by atoms with Gasteiger partial charge in [0.25, 0.3) is 11.6 Å². The van der Waals surface area contributed by atoms with Crippen molar-refractivity contribution < 1.29 is 28.8 Å². The number of nitro groups is 1. The highest BCUT2D eigenvalue weighted by molar-refractivity contribution is 6.12. The van der Waals surface area contributed by atoms with Crippen molar-refractivity contribution in [3.63, 3.8) is 0 Å². The number of benzene rings is 2. The first kappa shape index (κ1) is 28.6. The van der Waals surface area contributed by atoms with E-state index >= 15 is 0 Å². The van der Waals surface area contributed by atoms with E-state index in [1.807, 2.05) is 0 Å². The number of hydrogen-bond acceptors (Lipinski definition) is 10. The predicted octanol–water partition coefficient (Wildman–Crippen LogP) is 2.25. The van der Waals surface area contributed by atoms with Gasteiger partial charge in [0.2, 0.25) is 0 Å². The molecule has 2 fully saturated rings. The fourth-order valence-electron chi connectivity index (χ4n) is 4.68. The molecule has 212 valence electrons. The van der Waals surface area contributed by atoms with Crippen molar-refractivity contribution in [2.45, 2.75) is 19.4 Å². The molecule has 0 aliphatic carbocycles. The number of ether oxygens (including phenoxy) is 2. The summed E-state index contributed by atoms with van der Waals surface area (Å²) < 4.78 is 10.6. The number of hydrogen-bond donors (Lipinski definition) is 2. The van der Waals surface area contributed by atoms with Crippen molar-refractivity contribution >= 4 is 35.2 Å². The van der Waals surface area contributed by atoms with Crippen molar-refractivity contribution in [1.29, 1.82) is 5.41 Å². The van der Waals surface area contributed by atoms with Gasteiger partial charge in [-0.05, 0) is 37.3 Å². The Morgan fingerprint density at radius 3 is 2.45 bits per heavy atom. The van der Waals surface area contributed by atoms with E-state index in [2.05, 4.69) is 15.1 Å². The van der Waals surface area contributed by atoms with E-state index in [1.54, 1.807) is 31.2 Å². The lowest BCUT2D eigenvalue weighted by molar-refractivity contribution is -0.385. The van der Waals surface area contributed by atoms with Crippen LogP contribution in [0.1, 0.15) is 29.3 Å². The number of piperazine rings is 1. The van der Waals surface area contributed by atoms with Crippen molar-refractivity contribution in [3.05, 3.63) is 69.8 Å². The number of esters is 1. The lowest BCUT2D eigenvalue weighted by atomic mass is 10.1. The van der Waals surface area contributed by atoms with E-state index in [9.17, 15) is 24.5 Å². The van der Waals surface area contributed by atoms with Crippen molar-refractivity contribution in [3.8, 4) is 0 Å². The smallest absolute Gasteiger partial charge is 0.414 e. The Kier molecular flexibility index (Phi) is 9.40. The second kappa shape index (κ2) is 13.1. The van der Waals surface area contributed by atoms with Gasteiger partial charge < -0.3 is 19.7 Å². The lowest BCUT2D eigenvalue weighted by Crippen LogP contribution is -2.49. The van der Waals surface area contributed by atoms with Crippen molar-refractivity contribution in [2.75, 3.05) is 57.3 Å². The molecule has 0 spiro atoms. The number of cyclic esters (lactones) is 1. The van der Waals surface area contributed by atoms with Crippen LogP contribution in [0.5, 0.6) is 0 Å². The highest BCUT2D eigenvalue weighted by Crippen LogP contribution is 2.23. The Balaban J connectivity index is 1.26. The van der Waals surface area contributed by atoms with Crippen LogP contribution in [0.3, 0.4) is 0 Å². The molecule has 2 aliphatic rings. The lowest BCUT2D eigenvalue weighted by Gasteiger charge is -2.35. The largest absolute Gasteiger partial charge is 0.466 e. The molecule has 0 saturated carbocycles. The van der Waals surface area contributed by atoms with Crippen LogP contribution < -0.4 is 10.2 Å². The monoisotopic (exact) mass is 552 g/mol. The minimum atomic E-state index is -0.757. The van der Waals surface area contributed by atoms with E-state index in [1.165, 1.54) is 29.2 Å². The van der Waals surface area contributed by atoms with Gasteiger partial charge in [-0.15, -0.1) is 0 Å². The molecule has 2 amide bonds. The number of amidine groups is 1. The molecular formula is C27H32N6O7. The summed E-state index contributed by atoms with van der Waals surface area (Å²) in [6.45, 7) is 7.11. The number of anilines is 1. The molecule has 40 heavy (non-hydrogen) atoms. The van der Waals surface area contributed by atoms with E-state index in [-0.39, 0.29) is 29.2 Å². The van der Waals surface area contributed by atoms with Crippen LogP contribution >= 0.6 is 0 Å². The molecule has 1 unspecified atom stereocenters. The van der Waals surface area contributed by atoms with E-state index in [4.69, 9.17) is 14.9 Å². The van der Waals surface area contributed by atoms with Crippen LogP contribution in [-0.2, 0) is 14.3 Å². The molecule has 0 radical (unpaired) electrons. The van der Waals surface area contributed by atoms with E-state index < -0.39 is 16.9 Å². The number of para-hydroxylation sites is 1. The highest BCUT2D eigenvalue weighted by atomic mass is 16.6. The van der Waals surface area contributed by atoms with Gasteiger partial charge >= 0.3 is 12.1 Å². The molecular weight excluding hydrogens is 520 g/mol. The maximum absolute atomic E-state index is 12.6. The zero-order valence-corrected chi connectivity index (χ0v) is 22.2. The minimum Gasteiger partial charge on any atom is -0.466 e. The zero-order valence-electron chi connectivity index (χ0n) is 22.2. The third kappa shape index (κ3) is 7.18. The number of carbonyl (C=O) groups excluding carboxylic acids is 3. The van der Waals surface area contributed by atoms with Crippen LogP contribution in [0.25, 0.3) is 0 Å². The second-order valence-electron chi connectivity index (χ2n) is 9.46. The van der Waals surface area contributed by atoms with Gasteiger partial charge in [-0.2, -0.15) is 0 Å². The standard InChI is InChI=1S/C27H32N6O7/c1-2-39-24(34)11-12-30-13-15-31(16-14-30)17-21-18-32(27(36)40-21)20-9-7-19(8-10-20)25(28)29-26(35)22-5-3-4-6-23(22)33(37)38/h3-10,21H,2,11-18H2,1H3,(H2,28,29,35). The summed E-state index contributed by atoms with van der Waals surface area (Å²) in [4.78, 5) is 53.2. The van der Waals surface area contributed by atoms with Crippen molar-refractivity contribution in [1.82, 2.24) is 15.1 Å². The first-order valence-corrected chi connectivity index (χ1v) is 13.1. The molecule has 2 aromatic rings. The van der Waals surface area contributed by atoms with Crippen LogP contribution in [0.2, 0.25) is 0 Å². The number of amides is 2. The number of rotatable bonds is 10. The van der Waals surface area contributed by atoms with Crippen LogP contribution in [-0.4, -0.2) is 97.1 Å². The Morgan fingerprint density at radius 1 is 1.10 bits per heavy atom. The average Bonchev–Trinajstić information content (AvgIpc) is 3.32. The minimum absolute atomic E-state index is 0.141. The number of carbonyl (C=O) groups is 3. The molecule has 13 nitrogen and oxygen atoms in total. The second-order valence-corrected chi connectivity index (χ2v) is 9.46. The summed E-state index contributed by atoms with van der Waals surface area (Å²) in [5.41, 5.74) is 0.484.